The number of nitrogens with one attached hydrogen (secondary N) is 1. The van der Waals surface area contributed by atoms with Gasteiger partial charge < -0.3 is 15.1 Å². The van der Waals surface area contributed by atoms with Crippen molar-refractivity contribution in [1.82, 2.24) is 10.2 Å². The maximum Gasteiger partial charge on any atom is 0.0399 e. The summed E-state index contributed by atoms with van der Waals surface area (Å²) in [5, 5.41) is 3.58. The summed E-state index contributed by atoms with van der Waals surface area (Å²) >= 11 is 0. The average molecular weight is 289 g/mol. The molecule has 1 aliphatic rings. The molecular weight excluding hydrogens is 258 g/mol. The van der Waals surface area contributed by atoms with Crippen LogP contribution >= 0.6 is 0 Å². The van der Waals surface area contributed by atoms with Gasteiger partial charge in [0, 0.05) is 24.8 Å². The van der Waals surface area contributed by atoms with Crippen molar-refractivity contribution in [3.8, 4) is 0 Å². The fourth-order valence-corrected chi connectivity index (χ4v) is 3.05. The standard InChI is InChI=1S/C18H31N3/c1-5-10-19-15(2)16-7-8-18-17(14-16)9-13-21(18)12-6-11-20(3)4/h7-8,14-15,19H,5-6,9-13H2,1-4H3. The summed E-state index contributed by atoms with van der Waals surface area (Å²) < 4.78 is 0. The van der Waals surface area contributed by atoms with E-state index in [1.165, 1.54) is 55.7 Å². The number of hydrogen-bond acceptors (Lipinski definition) is 3. The van der Waals surface area contributed by atoms with E-state index in [1.54, 1.807) is 0 Å². The molecule has 1 atom stereocenters. The lowest BCUT2D eigenvalue weighted by Crippen LogP contribution is -2.25. The molecule has 0 aromatic heterocycles. The quantitative estimate of drug-likeness (QED) is 0.793. The third-order valence-electron chi connectivity index (χ3n) is 4.33. The predicted molar refractivity (Wildman–Crippen MR) is 92.2 cm³/mol. The van der Waals surface area contributed by atoms with Gasteiger partial charge in [0.1, 0.15) is 0 Å². The summed E-state index contributed by atoms with van der Waals surface area (Å²) in [5.41, 5.74) is 4.42. The van der Waals surface area contributed by atoms with Crippen LogP contribution in [0.15, 0.2) is 18.2 Å². The van der Waals surface area contributed by atoms with E-state index >= 15 is 0 Å². The molecule has 1 aromatic carbocycles. The highest BCUT2D eigenvalue weighted by atomic mass is 15.2. The van der Waals surface area contributed by atoms with Crippen LogP contribution in [-0.2, 0) is 6.42 Å². The molecule has 3 heteroatoms. The second-order valence-corrected chi connectivity index (χ2v) is 6.46. The van der Waals surface area contributed by atoms with Crippen molar-refractivity contribution >= 4 is 5.69 Å². The van der Waals surface area contributed by atoms with Crippen LogP contribution in [-0.4, -0.2) is 45.2 Å². The molecule has 21 heavy (non-hydrogen) atoms. The van der Waals surface area contributed by atoms with Crippen LogP contribution in [0.1, 0.15) is 43.9 Å². The van der Waals surface area contributed by atoms with Crippen molar-refractivity contribution < 1.29 is 0 Å². The first kappa shape index (κ1) is 16.3. The Labute approximate surface area is 130 Å². The molecule has 2 rings (SSSR count). The predicted octanol–water partition coefficient (Wildman–Crippen LogP) is 3.06. The topological polar surface area (TPSA) is 18.5 Å². The van der Waals surface area contributed by atoms with Crippen molar-refractivity contribution in [1.29, 1.82) is 0 Å². The zero-order valence-corrected chi connectivity index (χ0v) is 14.2. The van der Waals surface area contributed by atoms with E-state index in [9.17, 15) is 0 Å². The molecule has 0 spiro atoms. The van der Waals surface area contributed by atoms with Crippen LogP contribution < -0.4 is 10.2 Å². The van der Waals surface area contributed by atoms with Crippen LogP contribution in [0.25, 0.3) is 0 Å². The van der Waals surface area contributed by atoms with Gasteiger partial charge in [-0.15, -0.1) is 0 Å². The molecule has 1 N–H and O–H groups in total. The minimum Gasteiger partial charge on any atom is -0.371 e. The Morgan fingerprint density at radius 3 is 2.86 bits per heavy atom. The fourth-order valence-electron chi connectivity index (χ4n) is 3.05. The summed E-state index contributed by atoms with van der Waals surface area (Å²) in [5.74, 6) is 0. The molecule has 1 aromatic rings. The van der Waals surface area contributed by atoms with E-state index in [-0.39, 0.29) is 0 Å². The molecule has 1 aliphatic heterocycles. The molecule has 118 valence electrons. The lowest BCUT2D eigenvalue weighted by Gasteiger charge is -2.21. The molecule has 0 amide bonds. The molecule has 0 radical (unpaired) electrons. The molecule has 0 fully saturated rings. The van der Waals surface area contributed by atoms with Gasteiger partial charge in [-0.05, 0) is 70.6 Å². The van der Waals surface area contributed by atoms with Crippen LogP contribution in [0.3, 0.4) is 0 Å². The minimum atomic E-state index is 0.457. The van der Waals surface area contributed by atoms with Gasteiger partial charge in [0.25, 0.3) is 0 Å². The Hall–Kier alpha value is -1.06. The van der Waals surface area contributed by atoms with Gasteiger partial charge in [0.2, 0.25) is 0 Å². The van der Waals surface area contributed by atoms with E-state index in [0.717, 1.165) is 6.54 Å². The number of fused-ring (bicyclic) bond motifs is 1. The van der Waals surface area contributed by atoms with Gasteiger partial charge in [-0.3, -0.25) is 0 Å². The number of anilines is 1. The van der Waals surface area contributed by atoms with Crippen LogP contribution in [0, 0.1) is 0 Å². The second-order valence-electron chi connectivity index (χ2n) is 6.46. The Kier molecular flexibility index (Phi) is 6.07. The summed E-state index contributed by atoms with van der Waals surface area (Å²) in [7, 11) is 4.30. The molecule has 1 heterocycles. The van der Waals surface area contributed by atoms with Gasteiger partial charge in [-0.1, -0.05) is 19.1 Å². The van der Waals surface area contributed by atoms with Crippen LogP contribution in [0.4, 0.5) is 5.69 Å². The third kappa shape index (κ3) is 4.45. The highest BCUT2D eigenvalue weighted by molar-refractivity contribution is 5.59. The van der Waals surface area contributed by atoms with E-state index in [2.05, 4.69) is 61.3 Å². The molecular formula is C18H31N3. The van der Waals surface area contributed by atoms with Crippen LogP contribution in [0.2, 0.25) is 0 Å². The summed E-state index contributed by atoms with van der Waals surface area (Å²) in [6.07, 6.45) is 3.63. The van der Waals surface area contributed by atoms with Gasteiger partial charge in [-0.2, -0.15) is 0 Å². The smallest absolute Gasteiger partial charge is 0.0399 e. The lowest BCUT2D eigenvalue weighted by atomic mass is 10.0. The zero-order chi connectivity index (χ0) is 15.2. The Morgan fingerprint density at radius 1 is 1.33 bits per heavy atom. The highest BCUT2D eigenvalue weighted by Crippen LogP contribution is 2.30. The van der Waals surface area contributed by atoms with Gasteiger partial charge in [0.05, 0.1) is 0 Å². The minimum absolute atomic E-state index is 0.457. The summed E-state index contributed by atoms with van der Waals surface area (Å²) in [4.78, 5) is 4.81. The Morgan fingerprint density at radius 2 is 2.14 bits per heavy atom. The number of rotatable bonds is 8. The first-order valence-electron chi connectivity index (χ1n) is 8.37. The second kappa shape index (κ2) is 7.81. The molecule has 3 nitrogen and oxygen atoms in total. The SMILES string of the molecule is CCCNC(C)c1ccc2c(c1)CCN2CCCN(C)C. The lowest BCUT2D eigenvalue weighted by molar-refractivity contribution is 0.401. The first-order valence-corrected chi connectivity index (χ1v) is 8.37. The van der Waals surface area contributed by atoms with Crippen molar-refractivity contribution in [2.75, 3.05) is 45.2 Å². The largest absolute Gasteiger partial charge is 0.371 e. The van der Waals surface area contributed by atoms with Crippen molar-refractivity contribution in [3.05, 3.63) is 29.3 Å². The molecule has 0 bridgehead atoms. The number of nitrogens with zero attached hydrogens (tertiary/aromatic N) is 2. The van der Waals surface area contributed by atoms with Crippen molar-refractivity contribution in [2.45, 2.75) is 39.2 Å². The summed E-state index contributed by atoms with van der Waals surface area (Å²) in [6.45, 7) is 9.10. The molecule has 0 aliphatic carbocycles. The van der Waals surface area contributed by atoms with Gasteiger partial charge in [0.15, 0.2) is 0 Å². The van der Waals surface area contributed by atoms with Crippen molar-refractivity contribution in [2.24, 2.45) is 0 Å². The maximum atomic E-state index is 3.58. The average Bonchev–Trinajstić information content (AvgIpc) is 2.87. The Balaban J connectivity index is 1.96. The fraction of sp³-hybridized carbons (Fsp3) is 0.667. The number of hydrogen-bond donors (Lipinski definition) is 1. The number of benzene rings is 1. The Bertz CT molecular complexity index is 442. The third-order valence-corrected chi connectivity index (χ3v) is 4.33. The first-order chi connectivity index (χ1) is 10.1. The maximum absolute atomic E-state index is 3.58. The monoisotopic (exact) mass is 289 g/mol. The molecule has 0 saturated carbocycles. The molecule has 1 unspecified atom stereocenters. The van der Waals surface area contributed by atoms with Gasteiger partial charge in [-0.25, -0.2) is 0 Å². The van der Waals surface area contributed by atoms with E-state index in [4.69, 9.17) is 0 Å². The van der Waals surface area contributed by atoms with Crippen molar-refractivity contribution in [3.63, 3.8) is 0 Å². The zero-order valence-electron chi connectivity index (χ0n) is 14.2. The summed E-state index contributed by atoms with van der Waals surface area (Å²) in [6, 6.07) is 7.50. The van der Waals surface area contributed by atoms with E-state index in [0.29, 0.717) is 6.04 Å². The van der Waals surface area contributed by atoms with Crippen LogP contribution in [0.5, 0.6) is 0 Å². The normalized spacial score (nSPS) is 15.6. The van der Waals surface area contributed by atoms with E-state index < -0.39 is 0 Å². The van der Waals surface area contributed by atoms with E-state index in [1.807, 2.05) is 0 Å². The highest BCUT2D eigenvalue weighted by Gasteiger charge is 2.19. The van der Waals surface area contributed by atoms with Gasteiger partial charge >= 0.3 is 0 Å². The molecule has 0 saturated heterocycles.